The van der Waals surface area contributed by atoms with Crippen LogP contribution in [0.3, 0.4) is 0 Å². The van der Waals surface area contributed by atoms with Gasteiger partial charge in [0.2, 0.25) is 11.8 Å². The molecule has 5 rings (SSSR count). The molecule has 1 unspecified atom stereocenters. The fraction of sp³-hybridized carbons (Fsp3) is 0.276. The van der Waals surface area contributed by atoms with Gasteiger partial charge in [0.1, 0.15) is 0 Å². The summed E-state index contributed by atoms with van der Waals surface area (Å²) < 4.78 is 1.06. The van der Waals surface area contributed by atoms with Crippen LogP contribution in [0.15, 0.2) is 60.7 Å². The van der Waals surface area contributed by atoms with Gasteiger partial charge in [-0.15, -0.1) is 0 Å². The second-order valence-electron chi connectivity index (χ2n) is 9.39. The lowest BCUT2D eigenvalue weighted by molar-refractivity contribution is -0.124. The van der Waals surface area contributed by atoms with Crippen LogP contribution in [0.5, 0.6) is 0 Å². The van der Waals surface area contributed by atoms with Crippen LogP contribution in [-0.2, 0) is 16.1 Å². The highest BCUT2D eigenvalue weighted by Crippen LogP contribution is 2.35. The van der Waals surface area contributed by atoms with Crippen molar-refractivity contribution in [2.24, 2.45) is 5.92 Å². The average Bonchev–Trinajstić information content (AvgIpc) is 3.46. The molecule has 2 heterocycles. The van der Waals surface area contributed by atoms with Gasteiger partial charge >= 0.3 is 0 Å². The van der Waals surface area contributed by atoms with Gasteiger partial charge in [-0.1, -0.05) is 59.9 Å². The molecule has 0 aliphatic carbocycles. The average molecular weight is 484 g/mol. The number of aromatic nitrogens is 1. The molecule has 178 valence electrons. The minimum atomic E-state index is -0.416. The predicted molar refractivity (Wildman–Crippen MR) is 143 cm³/mol. The first-order valence-electron chi connectivity index (χ1n) is 11.9. The lowest BCUT2D eigenvalue weighted by Gasteiger charge is -2.24. The number of thiazole rings is 1. The van der Waals surface area contributed by atoms with E-state index < -0.39 is 5.92 Å². The Morgan fingerprint density at radius 1 is 0.971 bits per heavy atom. The van der Waals surface area contributed by atoms with Crippen molar-refractivity contribution in [3.8, 4) is 0 Å². The Morgan fingerprint density at radius 2 is 1.71 bits per heavy atom. The van der Waals surface area contributed by atoms with Gasteiger partial charge < -0.3 is 4.90 Å². The number of aryl methyl sites for hydroxylation is 3. The predicted octanol–water partition coefficient (Wildman–Crippen LogP) is 6.12. The third kappa shape index (κ3) is 4.34. The molecule has 1 aliphatic heterocycles. The molecule has 35 heavy (non-hydrogen) atoms. The number of rotatable bonds is 5. The van der Waals surface area contributed by atoms with Crippen molar-refractivity contribution in [2.75, 3.05) is 16.3 Å². The Bertz CT molecular complexity index is 1430. The molecule has 0 bridgehead atoms. The van der Waals surface area contributed by atoms with Crippen molar-refractivity contribution in [2.45, 2.75) is 40.7 Å². The van der Waals surface area contributed by atoms with Crippen molar-refractivity contribution < 1.29 is 9.59 Å². The zero-order valence-corrected chi connectivity index (χ0v) is 21.4. The van der Waals surface area contributed by atoms with Gasteiger partial charge in [0, 0.05) is 18.7 Å². The van der Waals surface area contributed by atoms with E-state index in [4.69, 9.17) is 4.98 Å². The smallest absolute Gasteiger partial charge is 0.234 e. The summed E-state index contributed by atoms with van der Waals surface area (Å²) in [5.41, 5.74) is 7.39. The summed E-state index contributed by atoms with van der Waals surface area (Å²) >= 11 is 1.53. The van der Waals surface area contributed by atoms with E-state index in [1.807, 2.05) is 62.4 Å². The molecule has 2 amide bonds. The van der Waals surface area contributed by atoms with Crippen LogP contribution in [0.25, 0.3) is 10.2 Å². The van der Waals surface area contributed by atoms with E-state index in [0.29, 0.717) is 18.2 Å². The lowest BCUT2D eigenvalue weighted by atomic mass is 10.1. The number of hydrogen-bond donors (Lipinski definition) is 0. The van der Waals surface area contributed by atoms with E-state index in [2.05, 4.69) is 26.0 Å². The highest BCUT2D eigenvalue weighted by Gasteiger charge is 2.39. The maximum absolute atomic E-state index is 14.0. The minimum Gasteiger partial charge on any atom is -0.311 e. The molecule has 5 nitrogen and oxygen atoms in total. The van der Waals surface area contributed by atoms with Crippen LogP contribution < -0.4 is 9.80 Å². The third-order valence-corrected chi connectivity index (χ3v) is 8.14. The van der Waals surface area contributed by atoms with Crippen molar-refractivity contribution >= 4 is 44.2 Å². The summed E-state index contributed by atoms with van der Waals surface area (Å²) in [5.74, 6) is -0.475. The Labute approximate surface area is 210 Å². The van der Waals surface area contributed by atoms with Gasteiger partial charge in [-0.2, -0.15) is 0 Å². The van der Waals surface area contributed by atoms with E-state index >= 15 is 0 Å². The van der Waals surface area contributed by atoms with E-state index in [0.717, 1.165) is 38.2 Å². The van der Waals surface area contributed by atoms with Crippen molar-refractivity contribution in [1.82, 2.24) is 4.98 Å². The Kier molecular flexibility index (Phi) is 6.15. The zero-order valence-electron chi connectivity index (χ0n) is 20.5. The molecule has 1 fully saturated rings. The molecule has 3 aromatic carbocycles. The normalized spacial score (nSPS) is 15.7. The lowest BCUT2D eigenvalue weighted by Crippen LogP contribution is -2.37. The summed E-state index contributed by atoms with van der Waals surface area (Å²) in [6, 6.07) is 20.1. The largest absolute Gasteiger partial charge is 0.311 e. The molecule has 0 radical (unpaired) electrons. The topological polar surface area (TPSA) is 53.5 Å². The number of amides is 2. The first-order chi connectivity index (χ1) is 16.8. The number of carbonyl (C=O) groups excluding carboxylic acids is 2. The first kappa shape index (κ1) is 23.2. The molecular formula is C29H29N3O2S. The van der Waals surface area contributed by atoms with E-state index in [1.165, 1.54) is 16.9 Å². The number of hydrogen-bond acceptors (Lipinski definition) is 4. The number of carbonyl (C=O) groups is 2. The number of anilines is 2. The van der Waals surface area contributed by atoms with Gasteiger partial charge in [0.05, 0.1) is 22.7 Å². The highest BCUT2D eigenvalue weighted by molar-refractivity contribution is 7.22. The summed E-state index contributed by atoms with van der Waals surface area (Å²) in [4.78, 5) is 35.5. The number of nitrogens with zero attached hydrogens (tertiary/aromatic N) is 3. The quantitative estimate of drug-likeness (QED) is 0.344. The van der Waals surface area contributed by atoms with E-state index in [1.54, 1.807) is 9.80 Å². The second kappa shape index (κ2) is 9.27. The molecule has 0 spiro atoms. The van der Waals surface area contributed by atoms with E-state index in [9.17, 15) is 9.59 Å². The summed E-state index contributed by atoms with van der Waals surface area (Å²) in [7, 11) is 0. The maximum Gasteiger partial charge on any atom is 0.234 e. The molecule has 1 aromatic heterocycles. The van der Waals surface area contributed by atoms with Crippen LogP contribution in [-0.4, -0.2) is 23.3 Å². The Balaban J connectivity index is 1.49. The molecule has 0 saturated carbocycles. The minimum absolute atomic E-state index is 0.00696. The molecule has 6 heteroatoms. The fourth-order valence-corrected chi connectivity index (χ4v) is 5.72. The van der Waals surface area contributed by atoms with Crippen LogP contribution in [0.4, 0.5) is 10.8 Å². The van der Waals surface area contributed by atoms with Gasteiger partial charge in [0.15, 0.2) is 5.13 Å². The SMILES string of the molecule is Cc1cccc(N2CC(C(=O)N(Cc3ccccc3)c3nc4c(C)c(C)ccc4s3)CC2=O)c1C. The molecular weight excluding hydrogens is 454 g/mol. The number of fused-ring (bicyclic) bond motifs is 1. The summed E-state index contributed by atoms with van der Waals surface area (Å²) in [6.07, 6.45) is 0.209. The second-order valence-corrected chi connectivity index (χ2v) is 10.4. The first-order valence-corrected chi connectivity index (χ1v) is 12.7. The standard InChI is InChI=1S/C29H29N3O2S/c1-18-9-8-12-24(20(18)3)31-17-23(15-26(31)33)28(34)32(16-22-10-6-5-7-11-22)29-30-27-21(4)19(2)13-14-25(27)35-29/h5-14,23H,15-17H2,1-4H3. The Hall–Kier alpha value is -3.51. The Morgan fingerprint density at radius 3 is 2.49 bits per heavy atom. The molecule has 1 aliphatic rings. The van der Waals surface area contributed by atoms with Crippen LogP contribution in [0.1, 0.15) is 34.2 Å². The van der Waals surface area contributed by atoms with Crippen LogP contribution in [0, 0.1) is 33.6 Å². The van der Waals surface area contributed by atoms with Crippen molar-refractivity contribution in [3.05, 3.63) is 88.5 Å². The molecule has 4 aromatic rings. The van der Waals surface area contributed by atoms with Crippen LogP contribution >= 0.6 is 11.3 Å². The summed E-state index contributed by atoms with van der Waals surface area (Å²) in [6.45, 7) is 9.03. The van der Waals surface area contributed by atoms with Gasteiger partial charge in [0.25, 0.3) is 0 Å². The fourth-order valence-electron chi connectivity index (χ4n) is 4.69. The molecule has 0 N–H and O–H groups in total. The van der Waals surface area contributed by atoms with Gasteiger partial charge in [-0.3, -0.25) is 14.5 Å². The van der Waals surface area contributed by atoms with Gasteiger partial charge in [-0.05, 0) is 67.6 Å². The molecule has 1 atom stereocenters. The van der Waals surface area contributed by atoms with Crippen molar-refractivity contribution in [1.29, 1.82) is 0 Å². The van der Waals surface area contributed by atoms with Crippen LogP contribution in [0.2, 0.25) is 0 Å². The highest BCUT2D eigenvalue weighted by atomic mass is 32.1. The zero-order chi connectivity index (χ0) is 24.7. The van der Waals surface area contributed by atoms with Crippen molar-refractivity contribution in [3.63, 3.8) is 0 Å². The number of benzene rings is 3. The third-order valence-electron chi connectivity index (χ3n) is 7.10. The maximum atomic E-state index is 14.0. The summed E-state index contributed by atoms with van der Waals surface area (Å²) in [5, 5.41) is 0.681. The van der Waals surface area contributed by atoms with E-state index in [-0.39, 0.29) is 18.2 Å². The molecule has 1 saturated heterocycles. The monoisotopic (exact) mass is 483 g/mol. The van der Waals surface area contributed by atoms with Gasteiger partial charge in [-0.25, -0.2) is 4.98 Å².